The Balaban J connectivity index is 0.00000207. The van der Waals surface area contributed by atoms with Crippen LogP contribution in [0.4, 0.5) is 0 Å². The number of rotatable bonds is 12. The Morgan fingerprint density at radius 2 is 1.65 bits per heavy atom. The van der Waals surface area contributed by atoms with Crippen LogP contribution in [0.3, 0.4) is 0 Å². The van der Waals surface area contributed by atoms with E-state index in [2.05, 4.69) is 88.4 Å². The first kappa shape index (κ1) is 32.9. The van der Waals surface area contributed by atoms with Crippen LogP contribution in [0.25, 0.3) is 0 Å². The van der Waals surface area contributed by atoms with Crippen molar-refractivity contribution in [3.05, 3.63) is 113 Å². The van der Waals surface area contributed by atoms with E-state index >= 15 is 0 Å². The van der Waals surface area contributed by atoms with E-state index in [1.807, 2.05) is 26.0 Å². The topological polar surface area (TPSA) is 23.6 Å². The third-order valence-corrected chi connectivity index (χ3v) is 9.07. The molecular weight excluding hydrogens is 524 g/mol. The highest BCUT2D eigenvalue weighted by molar-refractivity contribution is 5.96. The molecule has 43 heavy (non-hydrogen) atoms. The van der Waals surface area contributed by atoms with Crippen molar-refractivity contribution in [1.29, 1.82) is 0 Å². The lowest BCUT2D eigenvalue weighted by molar-refractivity contribution is 0.0977. The zero-order valence-corrected chi connectivity index (χ0v) is 26.9. The van der Waals surface area contributed by atoms with Gasteiger partial charge in [-0.25, -0.2) is 0 Å². The number of allylic oxidation sites excluding steroid dienone is 4. The van der Waals surface area contributed by atoms with E-state index < -0.39 is 0 Å². The van der Waals surface area contributed by atoms with E-state index in [1.165, 1.54) is 68.3 Å². The first-order chi connectivity index (χ1) is 21.2. The number of carbonyl (C=O) groups is 1. The van der Waals surface area contributed by atoms with Crippen LogP contribution in [0.5, 0.6) is 0 Å². The summed E-state index contributed by atoms with van der Waals surface area (Å²) < 4.78 is 0. The number of hydrogen-bond donors (Lipinski definition) is 0. The number of likely N-dealkylation sites (tertiary alicyclic amines) is 2. The summed E-state index contributed by atoms with van der Waals surface area (Å²) in [5.41, 5.74) is 8.38. The lowest BCUT2D eigenvalue weighted by Crippen LogP contribution is -2.33. The SMILES string of the molecule is CC.O=C(CCCCN1CCCCC1)c1cccc(CC2CCCCN(CC(C3=C=CC=CC=C3)c3ccccc3)C2)c1. The van der Waals surface area contributed by atoms with E-state index in [0.717, 1.165) is 51.0 Å². The molecule has 3 aliphatic rings. The smallest absolute Gasteiger partial charge is 0.162 e. The van der Waals surface area contributed by atoms with Crippen LogP contribution in [0.2, 0.25) is 0 Å². The molecule has 2 aliphatic heterocycles. The molecule has 0 saturated carbocycles. The number of benzene rings is 2. The molecule has 3 nitrogen and oxygen atoms in total. The molecule has 2 aromatic rings. The Morgan fingerprint density at radius 1 is 0.860 bits per heavy atom. The van der Waals surface area contributed by atoms with Gasteiger partial charge in [-0.3, -0.25) is 4.79 Å². The lowest BCUT2D eigenvalue weighted by atomic mass is 9.89. The Labute approximate surface area is 262 Å². The third kappa shape index (κ3) is 10.9. The predicted octanol–water partition coefficient (Wildman–Crippen LogP) is 9.19. The average molecular weight is 579 g/mol. The van der Waals surface area contributed by atoms with Gasteiger partial charge in [0, 0.05) is 36.6 Å². The van der Waals surface area contributed by atoms with Crippen LogP contribution in [0.15, 0.2) is 96.3 Å². The van der Waals surface area contributed by atoms with Gasteiger partial charge < -0.3 is 9.80 Å². The predicted molar refractivity (Wildman–Crippen MR) is 183 cm³/mol. The Hall–Kier alpha value is -2.97. The highest BCUT2D eigenvalue weighted by atomic mass is 16.1. The van der Waals surface area contributed by atoms with Crippen molar-refractivity contribution in [1.82, 2.24) is 9.80 Å². The molecule has 0 spiro atoms. The number of Topliss-reactive ketones (excluding diaryl/α,β-unsaturated/α-hetero) is 1. The van der Waals surface area contributed by atoms with Gasteiger partial charge in [-0.15, -0.1) is 5.73 Å². The third-order valence-electron chi connectivity index (χ3n) is 9.07. The zero-order valence-electron chi connectivity index (χ0n) is 26.9. The standard InChI is InChI=1S/C38H48N2O.C2H6/c41-38(23-10-14-26-39-24-11-4-12-25-39)36-22-15-17-32(29-36)28-33-16-9-13-27-40(30-33)31-37(35-20-7-3-8-21-35)34-18-5-1-2-6-19-34;1-2/h1-3,5-8,15,17-18,20-22,29,33,37H,4,9-14,16,23-28,30-31H2;1-2H3. The number of unbranched alkanes of at least 4 members (excludes halogenated alkanes) is 1. The van der Waals surface area contributed by atoms with E-state index in [0.29, 0.717) is 24.0 Å². The zero-order chi connectivity index (χ0) is 30.1. The fraction of sp³-hybridized carbons (Fsp3) is 0.500. The molecule has 0 bridgehead atoms. The Bertz CT molecular complexity index is 1230. The first-order valence-electron chi connectivity index (χ1n) is 17.2. The number of piperidine rings is 1. The van der Waals surface area contributed by atoms with E-state index in [4.69, 9.17) is 0 Å². The molecule has 0 N–H and O–H groups in total. The van der Waals surface area contributed by atoms with Crippen molar-refractivity contribution in [3.63, 3.8) is 0 Å². The largest absolute Gasteiger partial charge is 0.303 e. The average Bonchev–Trinajstić information content (AvgIpc) is 3.47. The van der Waals surface area contributed by atoms with Crippen molar-refractivity contribution >= 4 is 5.78 Å². The molecule has 0 radical (unpaired) electrons. The highest BCUT2D eigenvalue weighted by Crippen LogP contribution is 2.29. The lowest BCUT2D eigenvalue weighted by Gasteiger charge is -2.29. The van der Waals surface area contributed by atoms with Crippen LogP contribution < -0.4 is 0 Å². The Kier molecular flexibility index (Phi) is 14.3. The number of ketones is 1. The number of nitrogens with zero attached hydrogens (tertiary/aromatic N) is 2. The maximum Gasteiger partial charge on any atom is 0.162 e. The van der Waals surface area contributed by atoms with E-state index in [1.54, 1.807) is 0 Å². The number of hydrogen-bond acceptors (Lipinski definition) is 3. The molecule has 2 heterocycles. The minimum absolute atomic E-state index is 0.304. The number of carbonyl (C=O) groups excluding carboxylic acids is 1. The second-order valence-corrected chi connectivity index (χ2v) is 12.3. The van der Waals surface area contributed by atoms with Crippen LogP contribution in [0.1, 0.15) is 99.0 Å². The van der Waals surface area contributed by atoms with Crippen molar-refractivity contribution in [3.8, 4) is 0 Å². The first-order valence-corrected chi connectivity index (χ1v) is 17.2. The van der Waals surface area contributed by atoms with Gasteiger partial charge in [0.15, 0.2) is 5.78 Å². The van der Waals surface area contributed by atoms with Crippen LogP contribution in [-0.2, 0) is 6.42 Å². The summed E-state index contributed by atoms with van der Waals surface area (Å²) in [4.78, 5) is 18.3. The minimum Gasteiger partial charge on any atom is -0.303 e. The minimum atomic E-state index is 0.304. The van der Waals surface area contributed by atoms with Gasteiger partial charge in [0.1, 0.15) is 0 Å². The Morgan fingerprint density at radius 3 is 2.49 bits per heavy atom. The van der Waals surface area contributed by atoms with Gasteiger partial charge in [-0.2, -0.15) is 0 Å². The molecule has 2 aromatic carbocycles. The van der Waals surface area contributed by atoms with Crippen molar-refractivity contribution in [2.24, 2.45) is 5.92 Å². The monoisotopic (exact) mass is 578 g/mol. The second kappa shape index (κ2) is 18.6. The summed E-state index contributed by atoms with van der Waals surface area (Å²) in [6, 6.07) is 19.5. The fourth-order valence-electron chi connectivity index (χ4n) is 6.82. The van der Waals surface area contributed by atoms with Gasteiger partial charge in [0.25, 0.3) is 0 Å². The summed E-state index contributed by atoms with van der Waals surface area (Å²) in [5, 5.41) is 0. The summed E-state index contributed by atoms with van der Waals surface area (Å²) in [5.74, 6) is 1.23. The van der Waals surface area contributed by atoms with Crippen molar-refractivity contribution in [2.45, 2.75) is 84.0 Å². The molecule has 0 aromatic heterocycles. The molecule has 2 fully saturated rings. The van der Waals surface area contributed by atoms with Crippen molar-refractivity contribution in [2.75, 3.05) is 39.3 Å². The molecule has 0 amide bonds. The van der Waals surface area contributed by atoms with Crippen LogP contribution in [0, 0.1) is 5.92 Å². The summed E-state index contributed by atoms with van der Waals surface area (Å²) in [6.45, 7) is 10.9. The van der Waals surface area contributed by atoms with E-state index in [-0.39, 0.29) is 0 Å². The highest BCUT2D eigenvalue weighted by Gasteiger charge is 2.24. The quantitative estimate of drug-likeness (QED) is 0.142. The van der Waals surface area contributed by atoms with Crippen LogP contribution in [-0.4, -0.2) is 54.9 Å². The molecular formula is C40H54N2O. The van der Waals surface area contributed by atoms with E-state index in [9.17, 15) is 4.79 Å². The molecule has 2 unspecified atom stereocenters. The molecule has 2 atom stereocenters. The van der Waals surface area contributed by atoms with Crippen LogP contribution >= 0.6 is 0 Å². The van der Waals surface area contributed by atoms with Gasteiger partial charge in [-0.05, 0) is 100 Å². The summed E-state index contributed by atoms with van der Waals surface area (Å²) >= 11 is 0. The molecule has 5 rings (SSSR count). The molecule has 230 valence electrons. The molecule has 3 heteroatoms. The van der Waals surface area contributed by atoms with Crippen molar-refractivity contribution < 1.29 is 4.79 Å². The molecule has 2 saturated heterocycles. The second-order valence-electron chi connectivity index (χ2n) is 12.3. The maximum absolute atomic E-state index is 13.0. The fourth-order valence-corrected chi connectivity index (χ4v) is 6.82. The summed E-state index contributed by atoms with van der Waals surface area (Å²) in [6.07, 6.45) is 22.2. The normalized spacial score (nSPS) is 20.0. The van der Waals surface area contributed by atoms with Gasteiger partial charge in [-0.1, -0.05) is 99.5 Å². The molecule has 1 aliphatic carbocycles. The summed E-state index contributed by atoms with van der Waals surface area (Å²) in [7, 11) is 0. The maximum atomic E-state index is 13.0. The van der Waals surface area contributed by atoms with Gasteiger partial charge in [0.05, 0.1) is 0 Å². The van der Waals surface area contributed by atoms with Gasteiger partial charge >= 0.3 is 0 Å². The van der Waals surface area contributed by atoms with Gasteiger partial charge in [0.2, 0.25) is 0 Å².